The van der Waals surface area contributed by atoms with E-state index in [2.05, 4.69) is 43.2 Å². The molecule has 0 radical (unpaired) electrons. The summed E-state index contributed by atoms with van der Waals surface area (Å²) in [6.45, 7) is 2.04. The van der Waals surface area contributed by atoms with Crippen LogP contribution < -0.4 is 0 Å². The van der Waals surface area contributed by atoms with Crippen LogP contribution in [0.5, 0.6) is 0 Å². The molecule has 2 heterocycles. The molecule has 0 N–H and O–H groups in total. The average Bonchev–Trinajstić information content (AvgIpc) is 2.89. The van der Waals surface area contributed by atoms with Crippen LogP contribution in [-0.4, -0.2) is 36.0 Å². The van der Waals surface area contributed by atoms with E-state index in [-0.39, 0.29) is 6.03 Å². The predicted molar refractivity (Wildman–Crippen MR) is 62.9 cm³/mol. The molecule has 0 saturated heterocycles. The lowest BCUT2D eigenvalue weighted by Crippen LogP contribution is -2.23. The molecular formula is C8H9IN6O. The molecule has 0 unspecified atom stereocenters. The Morgan fingerprint density at radius 3 is 2.94 bits per heavy atom. The van der Waals surface area contributed by atoms with E-state index in [1.165, 1.54) is 17.1 Å². The Balaban J connectivity index is 2.37. The van der Waals surface area contributed by atoms with E-state index in [1.807, 2.05) is 6.92 Å². The van der Waals surface area contributed by atoms with Gasteiger partial charge in [0.05, 0.1) is 18.1 Å². The average molecular weight is 332 g/mol. The fourth-order valence-electron chi connectivity index (χ4n) is 1.29. The summed E-state index contributed by atoms with van der Waals surface area (Å²) in [5.41, 5.74) is 0.809. The highest BCUT2D eigenvalue weighted by molar-refractivity contribution is 14.1. The summed E-state index contributed by atoms with van der Waals surface area (Å²) in [6, 6.07) is -0.364. The minimum absolute atomic E-state index is 0.364. The van der Waals surface area contributed by atoms with Crippen molar-refractivity contribution in [1.29, 1.82) is 0 Å². The van der Waals surface area contributed by atoms with Crippen LogP contribution in [0.25, 0.3) is 0 Å². The molecule has 84 valence electrons. The molecule has 0 aliphatic heterocycles. The van der Waals surface area contributed by atoms with Gasteiger partial charge in [0, 0.05) is 0 Å². The lowest BCUT2D eigenvalue weighted by atomic mass is 10.3. The Labute approximate surface area is 105 Å². The van der Waals surface area contributed by atoms with Crippen molar-refractivity contribution in [2.24, 2.45) is 0 Å². The fraction of sp³-hybridized carbons (Fsp3) is 0.375. The number of aromatic nitrogens is 6. The topological polar surface area (TPSA) is 78.5 Å². The van der Waals surface area contributed by atoms with Crippen LogP contribution in [0.4, 0.5) is 4.79 Å². The molecule has 0 aromatic carbocycles. The monoisotopic (exact) mass is 332 g/mol. The van der Waals surface area contributed by atoms with Crippen molar-refractivity contribution in [1.82, 2.24) is 30.0 Å². The second-order valence-electron chi connectivity index (χ2n) is 3.12. The molecule has 0 aliphatic rings. The van der Waals surface area contributed by atoms with Gasteiger partial charge in [0.15, 0.2) is 0 Å². The lowest BCUT2D eigenvalue weighted by molar-refractivity contribution is 0.236. The first-order chi connectivity index (χ1) is 7.74. The zero-order valence-corrected chi connectivity index (χ0v) is 10.7. The number of carbonyl (C=O) groups is 1. The quantitative estimate of drug-likeness (QED) is 0.765. The maximum atomic E-state index is 11.9. The van der Waals surface area contributed by atoms with Gasteiger partial charge >= 0.3 is 6.03 Å². The minimum Gasteiger partial charge on any atom is -0.243 e. The Bertz CT molecular complexity index is 491. The number of hydrogen-bond acceptors (Lipinski definition) is 5. The molecule has 0 saturated carbocycles. The third-order valence-corrected chi connectivity index (χ3v) is 2.84. The molecule has 16 heavy (non-hydrogen) atoms. The largest absolute Gasteiger partial charge is 0.372 e. The summed E-state index contributed by atoms with van der Waals surface area (Å²) in [5, 5.41) is 14.9. The van der Waals surface area contributed by atoms with Gasteiger partial charge in [0.1, 0.15) is 3.70 Å². The Morgan fingerprint density at radius 1 is 1.50 bits per heavy atom. The maximum absolute atomic E-state index is 11.9. The van der Waals surface area contributed by atoms with Gasteiger partial charge in [-0.15, -0.1) is 10.2 Å². The van der Waals surface area contributed by atoms with Crippen molar-refractivity contribution in [3.05, 3.63) is 21.8 Å². The molecule has 0 spiro atoms. The summed E-state index contributed by atoms with van der Waals surface area (Å²) in [5.74, 6) is 0. The second kappa shape index (κ2) is 4.68. The van der Waals surface area contributed by atoms with Gasteiger partial charge in [-0.1, -0.05) is 23.8 Å². The Morgan fingerprint density at radius 2 is 2.31 bits per heavy atom. The van der Waals surface area contributed by atoms with E-state index in [0.717, 1.165) is 26.9 Å². The number of nitrogens with zero attached hydrogens (tertiary/aromatic N) is 6. The molecule has 2 rings (SSSR count). The van der Waals surface area contributed by atoms with Crippen LogP contribution in [0.1, 0.15) is 19.0 Å². The molecule has 0 bridgehead atoms. The lowest BCUT2D eigenvalue weighted by Gasteiger charge is -2.02. The number of halogens is 1. The predicted octanol–water partition coefficient (Wildman–Crippen LogP) is 0.943. The molecule has 2 aromatic heterocycles. The van der Waals surface area contributed by atoms with Gasteiger partial charge < -0.3 is 0 Å². The third kappa shape index (κ3) is 1.96. The first kappa shape index (κ1) is 11.2. The summed E-state index contributed by atoms with van der Waals surface area (Å²) < 4.78 is 3.14. The van der Waals surface area contributed by atoms with Crippen LogP contribution in [0, 0.1) is 3.70 Å². The molecule has 8 heteroatoms. The summed E-state index contributed by atoms with van der Waals surface area (Å²) >= 11 is 2.06. The molecule has 0 aliphatic carbocycles. The third-order valence-electron chi connectivity index (χ3n) is 2.00. The molecule has 0 fully saturated rings. The molecule has 0 atom stereocenters. The summed E-state index contributed by atoms with van der Waals surface area (Å²) in [4.78, 5) is 11.9. The van der Waals surface area contributed by atoms with Gasteiger partial charge in [-0.3, -0.25) is 0 Å². The van der Waals surface area contributed by atoms with Crippen molar-refractivity contribution < 1.29 is 4.79 Å². The number of rotatable bonds is 2. The van der Waals surface area contributed by atoms with E-state index < -0.39 is 0 Å². The van der Waals surface area contributed by atoms with Crippen molar-refractivity contribution in [3.8, 4) is 0 Å². The number of hydrogen-bond donors (Lipinski definition) is 0. The van der Waals surface area contributed by atoms with Crippen molar-refractivity contribution in [2.45, 2.75) is 19.8 Å². The summed E-state index contributed by atoms with van der Waals surface area (Å²) in [7, 11) is 0. The minimum atomic E-state index is -0.364. The van der Waals surface area contributed by atoms with Crippen molar-refractivity contribution in [3.63, 3.8) is 0 Å². The van der Waals surface area contributed by atoms with Crippen LogP contribution >= 0.6 is 22.6 Å². The van der Waals surface area contributed by atoms with Crippen LogP contribution in [0.2, 0.25) is 0 Å². The smallest absolute Gasteiger partial charge is 0.243 e. The highest BCUT2D eigenvalue weighted by atomic mass is 127. The fourth-order valence-corrected chi connectivity index (χ4v) is 1.88. The van der Waals surface area contributed by atoms with Gasteiger partial charge in [-0.25, -0.2) is 4.79 Å². The van der Waals surface area contributed by atoms with Crippen molar-refractivity contribution in [2.75, 3.05) is 0 Å². The van der Waals surface area contributed by atoms with Gasteiger partial charge in [-0.2, -0.15) is 9.36 Å². The van der Waals surface area contributed by atoms with Gasteiger partial charge in [0.2, 0.25) is 0 Å². The molecule has 2 aromatic rings. The first-order valence-corrected chi connectivity index (χ1v) is 5.83. The van der Waals surface area contributed by atoms with Gasteiger partial charge in [-0.05, 0) is 29.0 Å². The van der Waals surface area contributed by atoms with Crippen LogP contribution in [0.3, 0.4) is 0 Å². The number of carbonyl (C=O) groups excluding carboxylic acids is 1. The zero-order chi connectivity index (χ0) is 11.5. The SMILES string of the molecule is CCCc1c(I)nnn1C(=O)n1ccnn1. The zero-order valence-electron chi connectivity index (χ0n) is 8.54. The molecule has 0 amide bonds. The van der Waals surface area contributed by atoms with Crippen LogP contribution in [-0.2, 0) is 6.42 Å². The van der Waals surface area contributed by atoms with Gasteiger partial charge in [0.25, 0.3) is 0 Å². The van der Waals surface area contributed by atoms with Crippen LogP contribution in [0.15, 0.2) is 12.4 Å². The maximum Gasteiger partial charge on any atom is 0.372 e. The van der Waals surface area contributed by atoms with E-state index in [1.54, 1.807) is 0 Å². The highest BCUT2D eigenvalue weighted by Gasteiger charge is 2.17. The first-order valence-electron chi connectivity index (χ1n) is 4.75. The normalized spacial score (nSPS) is 10.6. The van der Waals surface area contributed by atoms with E-state index >= 15 is 0 Å². The molecular weight excluding hydrogens is 323 g/mol. The van der Waals surface area contributed by atoms with E-state index in [9.17, 15) is 4.79 Å². The van der Waals surface area contributed by atoms with E-state index in [0.29, 0.717) is 0 Å². The Kier molecular flexibility index (Phi) is 3.27. The summed E-state index contributed by atoms with van der Waals surface area (Å²) in [6.07, 6.45) is 4.60. The molecule has 7 nitrogen and oxygen atoms in total. The van der Waals surface area contributed by atoms with E-state index in [4.69, 9.17) is 0 Å². The second-order valence-corrected chi connectivity index (χ2v) is 4.14. The Hall–Kier alpha value is -1.32. The standard InChI is InChI=1S/C8H9IN6O/c1-2-3-6-7(9)11-13-15(6)8(16)14-5-4-10-12-14/h4-5H,2-3H2,1H3. The van der Waals surface area contributed by atoms with Crippen molar-refractivity contribution >= 4 is 28.6 Å². The highest BCUT2D eigenvalue weighted by Crippen LogP contribution is 2.11.